The summed E-state index contributed by atoms with van der Waals surface area (Å²) in [5.41, 5.74) is 1.80. The van der Waals surface area contributed by atoms with E-state index in [1.807, 2.05) is 36.4 Å². The first-order valence-electron chi connectivity index (χ1n) is 9.54. The topological polar surface area (TPSA) is 68.2 Å². The molecule has 0 bridgehead atoms. The summed E-state index contributed by atoms with van der Waals surface area (Å²) < 4.78 is 15.6. The number of benzene rings is 2. The maximum Gasteiger partial charge on any atom is 0.343 e. The van der Waals surface area contributed by atoms with Crippen LogP contribution in [0.15, 0.2) is 48.5 Å². The fraction of sp³-hybridized carbons (Fsp3) is 0.409. The average Bonchev–Trinajstić information content (AvgIpc) is 2.73. The Balaban J connectivity index is 1.60. The summed E-state index contributed by atoms with van der Waals surface area (Å²) in [6, 6.07) is 15.0. The summed E-state index contributed by atoms with van der Waals surface area (Å²) in [5, 5.41) is 11.6. The molecule has 7 heteroatoms. The number of carbonyl (C=O) groups excluding carboxylic acids is 1. The average molecular weight is 420 g/mol. The SMILES string of the molecule is COC(=O)COc1ccc(CC(C)N2CCOC(O)(c3cccc(Cl)c3)C2)cc1. The third-order valence-electron chi connectivity index (χ3n) is 5.07. The van der Waals surface area contributed by atoms with Crippen molar-refractivity contribution in [3.05, 3.63) is 64.7 Å². The quantitative estimate of drug-likeness (QED) is 0.696. The molecule has 0 aromatic heterocycles. The summed E-state index contributed by atoms with van der Waals surface area (Å²) in [5.74, 6) is -1.17. The minimum Gasteiger partial charge on any atom is -0.482 e. The molecule has 3 rings (SSSR count). The van der Waals surface area contributed by atoms with E-state index in [-0.39, 0.29) is 12.6 Å². The Kier molecular flexibility index (Phi) is 7.14. The van der Waals surface area contributed by atoms with E-state index in [0.29, 0.717) is 29.5 Å². The van der Waals surface area contributed by atoms with Gasteiger partial charge < -0.3 is 19.3 Å². The maximum atomic E-state index is 11.2. The minimum absolute atomic E-state index is 0.109. The van der Waals surface area contributed by atoms with Gasteiger partial charge in [-0.25, -0.2) is 4.79 Å². The van der Waals surface area contributed by atoms with Crippen LogP contribution >= 0.6 is 11.6 Å². The molecule has 0 spiro atoms. The lowest BCUT2D eigenvalue weighted by atomic mass is 10.0. The molecule has 2 aromatic rings. The summed E-state index contributed by atoms with van der Waals surface area (Å²) in [6.45, 7) is 3.57. The molecule has 1 saturated heterocycles. The number of aliphatic hydroxyl groups is 1. The van der Waals surface area contributed by atoms with Crippen molar-refractivity contribution in [2.24, 2.45) is 0 Å². The van der Waals surface area contributed by atoms with Gasteiger partial charge in [-0.3, -0.25) is 4.90 Å². The number of esters is 1. The first kappa shape index (κ1) is 21.6. The fourth-order valence-corrected chi connectivity index (χ4v) is 3.60. The number of hydrogen-bond acceptors (Lipinski definition) is 6. The number of morpholine rings is 1. The minimum atomic E-state index is -1.37. The smallest absolute Gasteiger partial charge is 0.343 e. The molecule has 0 aliphatic carbocycles. The van der Waals surface area contributed by atoms with Crippen LogP contribution in [-0.2, 0) is 26.5 Å². The van der Waals surface area contributed by atoms with Crippen molar-refractivity contribution < 1.29 is 24.1 Å². The van der Waals surface area contributed by atoms with E-state index >= 15 is 0 Å². The van der Waals surface area contributed by atoms with Crippen LogP contribution < -0.4 is 4.74 Å². The summed E-state index contributed by atoms with van der Waals surface area (Å²) in [4.78, 5) is 13.4. The first-order chi connectivity index (χ1) is 13.9. The zero-order chi connectivity index (χ0) is 20.9. The summed E-state index contributed by atoms with van der Waals surface area (Å²) in [7, 11) is 1.33. The maximum absolute atomic E-state index is 11.2. The largest absolute Gasteiger partial charge is 0.482 e. The molecular formula is C22H26ClNO5. The lowest BCUT2D eigenvalue weighted by Crippen LogP contribution is -2.53. The zero-order valence-corrected chi connectivity index (χ0v) is 17.4. The van der Waals surface area contributed by atoms with E-state index in [1.54, 1.807) is 12.1 Å². The van der Waals surface area contributed by atoms with Gasteiger partial charge in [0.25, 0.3) is 0 Å². The Morgan fingerprint density at radius 2 is 2.07 bits per heavy atom. The highest BCUT2D eigenvalue weighted by Gasteiger charge is 2.37. The number of hydrogen-bond donors (Lipinski definition) is 1. The number of carbonyl (C=O) groups is 1. The van der Waals surface area contributed by atoms with Crippen LogP contribution in [0.1, 0.15) is 18.1 Å². The number of ether oxygens (including phenoxy) is 3. The van der Waals surface area contributed by atoms with Gasteiger partial charge in [0, 0.05) is 23.2 Å². The molecule has 1 aliphatic rings. The Labute approximate surface area is 175 Å². The molecular weight excluding hydrogens is 394 g/mol. The van der Waals surface area contributed by atoms with Gasteiger partial charge in [0.05, 0.1) is 20.3 Å². The van der Waals surface area contributed by atoms with Crippen LogP contribution in [0.3, 0.4) is 0 Å². The summed E-state index contributed by atoms with van der Waals surface area (Å²) in [6.07, 6.45) is 0.808. The predicted octanol–water partition coefficient (Wildman–Crippen LogP) is 3.00. The van der Waals surface area contributed by atoms with Gasteiger partial charge in [0.1, 0.15) is 5.75 Å². The molecule has 29 heavy (non-hydrogen) atoms. The molecule has 1 N–H and O–H groups in total. The number of methoxy groups -OCH3 is 1. The molecule has 0 amide bonds. The molecule has 1 heterocycles. The van der Waals surface area contributed by atoms with Gasteiger partial charge in [0.2, 0.25) is 5.79 Å². The van der Waals surface area contributed by atoms with Crippen molar-refractivity contribution in [2.75, 3.05) is 33.4 Å². The molecule has 1 aliphatic heterocycles. The third kappa shape index (κ3) is 5.70. The highest BCUT2D eigenvalue weighted by atomic mass is 35.5. The highest BCUT2D eigenvalue weighted by molar-refractivity contribution is 6.30. The second-order valence-electron chi connectivity index (χ2n) is 7.18. The normalized spacial score (nSPS) is 20.8. The number of β-amino-alcohol motifs (C(OH)–C–C–N with tert-alkyl or cyclic N) is 1. The van der Waals surface area contributed by atoms with Crippen LogP contribution in [0.25, 0.3) is 0 Å². The van der Waals surface area contributed by atoms with E-state index in [4.69, 9.17) is 21.1 Å². The number of rotatable bonds is 7. The Morgan fingerprint density at radius 3 is 2.76 bits per heavy atom. The van der Waals surface area contributed by atoms with Crippen molar-refractivity contribution in [1.82, 2.24) is 4.90 Å². The van der Waals surface area contributed by atoms with Gasteiger partial charge in [-0.05, 0) is 43.2 Å². The van der Waals surface area contributed by atoms with E-state index in [1.165, 1.54) is 7.11 Å². The van der Waals surface area contributed by atoms with Crippen molar-refractivity contribution >= 4 is 17.6 Å². The lowest BCUT2D eigenvalue weighted by molar-refractivity contribution is -0.251. The molecule has 156 valence electrons. The Hall–Kier alpha value is -2.12. The van der Waals surface area contributed by atoms with E-state index in [0.717, 1.165) is 18.5 Å². The second kappa shape index (κ2) is 9.59. The van der Waals surface area contributed by atoms with Gasteiger partial charge in [0.15, 0.2) is 6.61 Å². The van der Waals surface area contributed by atoms with Crippen molar-refractivity contribution in [3.8, 4) is 5.75 Å². The number of nitrogens with zero attached hydrogens (tertiary/aromatic N) is 1. The molecule has 1 fully saturated rings. The standard InChI is InChI=1S/C22H26ClNO5/c1-16(12-17-6-8-20(9-7-17)28-14-21(25)27-2)24-10-11-29-22(26,15-24)18-4-3-5-19(23)13-18/h3-9,13,16,26H,10-12,14-15H2,1-2H3. The molecule has 6 nitrogen and oxygen atoms in total. The molecule has 0 radical (unpaired) electrons. The van der Waals surface area contributed by atoms with E-state index < -0.39 is 11.8 Å². The number of halogens is 1. The van der Waals surface area contributed by atoms with Crippen LogP contribution in [0, 0.1) is 0 Å². The summed E-state index contributed by atoms with van der Waals surface area (Å²) >= 11 is 6.08. The van der Waals surface area contributed by atoms with Crippen molar-refractivity contribution in [1.29, 1.82) is 0 Å². The van der Waals surface area contributed by atoms with Crippen LogP contribution in [0.2, 0.25) is 5.02 Å². The molecule has 0 saturated carbocycles. The zero-order valence-electron chi connectivity index (χ0n) is 16.6. The molecule has 2 atom stereocenters. The molecule has 2 aromatic carbocycles. The third-order valence-corrected chi connectivity index (χ3v) is 5.31. The molecule has 2 unspecified atom stereocenters. The van der Waals surface area contributed by atoms with Gasteiger partial charge in [-0.2, -0.15) is 0 Å². The Bertz CT molecular complexity index is 828. The van der Waals surface area contributed by atoms with E-state index in [2.05, 4.69) is 16.6 Å². The van der Waals surface area contributed by atoms with Crippen molar-refractivity contribution in [3.63, 3.8) is 0 Å². The van der Waals surface area contributed by atoms with Gasteiger partial charge >= 0.3 is 5.97 Å². The monoisotopic (exact) mass is 419 g/mol. The van der Waals surface area contributed by atoms with E-state index in [9.17, 15) is 9.90 Å². The predicted molar refractivity (Wildman–Crippen MR) is 110 cm³/mol. The van der Waals surface area contributed by atoms with Gasteiger partial charge in [-0.1, -0.05) is 35.9 Å². The Morgan fingerprint density at radius 1 is 1.31 bits per heavy atom. The second-order valence-corrected chi connectivity index (χ2v) is 7.61. The fourth-order valence-electron chi connectivity index (χ4n) is 3.41. The van der Waals surface area contributed by atoms with Crippen LogP contribution in [0.4, 0.5) is 0 Å². The first-order valence-corrected chi connectivity index (χ1v) is 9.92. The highest BCUT2D eigenvalue weighted by Crippen LogP contribution is 2.30. The van der Waals surface area contributed by atoms with Crippen LogP contribution in [0.5, 0.6) is 5.75 Å². The van der Waals surface area contributed by atoms with Crippen LogP contribution in [-0.4, -0.2) is 55.4 Å². The lowest BCUT2D eigenvalue weighted by Gasteiger charge is -2.42. The van der Waals surface area contributed by atoms with Crippen molar-refractivity contribution in [2.45, 2.75) is 25.2 Å². The van der Waals surface area contributed by atoms with Gasteiger partial charge in [-0.15, -0.1) is 0 Å².